The topological polar surface area (TPSA) is 68.0 Å². The molecule has 96 valence electrons. The highest BCUT2D eigenvalue weighted by molar-refractivity contribution is 7.19. The van der Waals surface area contributed by atoms with Crippen LogP contribution in [0.4, 0.5) is 10.1 Å². The highest BCUT2D eigenvalue weighted by atomic mass is 32.1. The van der Waals surface area contributed by atoms with Gasteiger partial charge in [0, 0.05) is 5.92 Å². The lowest BCUT2D eigenvalue weighted by molar-refractivity contribution is -0.120. The summed E-state index contributed by atoms with van der Waals surface area (Å²) < 4.78 is 0. The van der Waals surface area contributed by atoms with Gasteiger partial charge >= 0.3 is 0 Å². The number of thiazole rings is 1. The van der Waals surface area contributed by atoms with E-state index in [1.165, 1.54) is 11.3 Å². The first kappa shape index (κ1) is 14.0. The van der Waals surface area contributed by atoms with Gasteiger partial charge in [-0.1, -0.05) is 39.0 Å². The van der Waals surface area contributed by atoms with Crippen LogP contribution in [0.2, 0.25) is 0 Å². The number of hydrogen-bond acceptors (Lipinski definition) is 4. The van der Waals surface area contributed by atoms with Crippen molar-refractivity contribution in [3.8, 4) is 0 Å². The zero-order chi connectivity index (χ0) is 13.0. The number of nitrogen functional groups attached to an aromatic ring is 1. The summed E-state index contributed by atoms with van der Waals surface area (Å²) in [5.41, 5.74) is 6.73. The van der Waals surface area contributed by atoms with Crippen molar-refractivity contribution in [1.82, 2.24) is 4.98 Å². The fraction of sp³-hybridized carbons (Fsp3) is 0.667. The van der Waals surface area contributed by atoms with Crippen LogP contribution >= 0.6 is 11.3 Å². The molecule has 0 radical (unpaired) electrons. The highest BCUT2D eigenvalue weighted by Gasteiger charge is 2.17. The van der Waals surface area contributed by atoms with E-state index < -0.39 is 0 Å². The van der Waals surface area contributed by atoms with Gasteiger partial charge in [0.05, 0.1) is 5.69 Å². The highest BCUT2D eigenvalue weighted by Crippen LogP contribution is 2.30. The third kappa shape index (κ3) is 3.43. The first-order valence-electron chi connectivity index (χ1n) is 6.06. The Kier molecular flexibility index (Phi) is 4.93. The Hall–Kier alpha value is -1.10. The molecule has 1 heterocycles. The van der Waals surface area contributed by atoms with Crippen molar-refractivity contribution in [2.24, 2.45) is 5.92 Å². The second kappa shape index (κ2) is 6.00. The van der Waals surface area contributed by atoms with E-state index in [2.05, 4.69) is 10.3 Å². The smallest absolute Gasteiger partial charge is 0.229 e. The Morgan fingerprint density at radius 3 is 2.41 bits per heavy atom. The van der Waals surface area contributed by atoms with Crippen molar-refractivity contribution in [3.05, 3.63) is 5.69 Å². The molecule has 0 bridgehead atoms. The quantitative estimate of drug-likeness (QED) is 0.848. The third-order valence-electron chi connectivity index (χ3n) is 2.81. The number of nitrogens with two attached hydrogens (primary N) is 1. The lowest BCUT2D eigenvalue weighted by Gasteiger charge is -2.10. The van der Waals surface area contributed by atoms with Crippen LogP contribution in [0.15, 0.2) is 0 Å². The van der Waals surface area contributed by atoms with Crippen molar-refractivity contribution >= 4 is 27.4 Å². The van der Waals surface area contributed by atoms with Gasteiger partial charge in [-0.3, -0.25) is 4.79 Å². The molecule has 0 aliphatic carbocycles. The summed E-state index contributed by atoms with van der Waals surface area (Å²) in [5, 5.41) is 4.16. The van der Waals surface area contributed by atoms with Crippen LogP contribution in [0.1, 0.15) is 52.1 Å². The van der Waals surface area contributed by atoms with Crippen molar-refractivity contribution in [1.29, 1.82) is 0 Å². The largest absolute Gasteiger partial charge is 0.389 e. The molecule has 1 aromatic heterocycles. The molecule has 1 rings (SSSR count). The van der Waals surface area contributed by atoms with E-state index in [0.29, 0.717) is 10.1 Å². The van der Waals surface area contributed by atoms with E-state index in [1.54, 1.807) is 0 Å². The number of rotatable bonds is 5. The van der Waals surface area contributed by atoms with Crippen LogP contribution in [0.5, 0.6) is 0 Å². The van der Waals surface area contributed by atoms with Gasteiger partial charge in [-0.2, -0.15) is 0 Å². The van der Waals surface area contributed by atoms with E-state index in [9.17, 15) is 4.79 Å². The number of amides is 1. The number of carbonyl (C=O) groups excluding carboxylic acids is 1. The fourth-order valence-corrected chi connectivity index (χ4v) is 2.57. The molecule has 0 atom stereocenters. The zero-order valence-electron chi connectivity index (χ0n) is 10.9. The summed E-state index contributed by atoms with van der Waals surface area (Å²) >= 11 is 1.34. The maximum absolute atomic E-state index is 11.9. The normalized spacial score (nSPS) is 11.2. The van der Waals surface area contributed by atoms with Crippen molar-refractivity contribution < 1.29 is 4.79 Å². The SMILES string of the molecule is CCC(CC)C(=O)Nc1nc(C(C)C)c(N)s1. The summed E-state index contributed by atoms with van der Waals surface area (Å²) in [7, 11) is 0. The molecule has 0 aliphatic heterocycles. The van der Waals surface area contributed by atoms with Gasteiger partial charge in [0.15, 0.2) is 5.13 Å². The standard InChI is InChI=1S/C12H21N3OS/c1-5-8(6-2)11(16)15-12-14-9(7(3)4)10(13)17-12/h7-8H,5-6,13H2,1-4H3,(H,14,15,16). The van der Waals surface area contributed by atoms with Crippen LogP contribution in [0.3, 0.4) is 0 Å². The van der Waals surface area contributed by atoms with Gasteiger partial charge in [-0.25, -0.2) is 4.98 Å². The second-order valence-corrected chi connectivity index (χ2v) is 5.46. The molecule has 4 nitrogen and oxygen atoms in total. The van der Waals surface area contributed by atoms with Crippen molar-refractivity contribution in [2.45, 2.75) is 46.5 Å². The van der Waals surface area contributed by atoms with Crippen LogP contribution < -0.4 is 11.1 Å². The molecule has 17 heavy (non-hydrogen) atoms. The van der Waals surface area contributed by atoms with E-state index in [4.69, 9.17) is 5.73 Å². The minimum Gasteiger partial charge on any atom is -0.389 e. The van der Waals surface area contributed by atoms with Gasteiger partial charge in [0.1, 0.15) is 5.00 Å². The summed E-state index contributed by atoms with van der Waals surface area (Å²) in [5.74, 6) is 0.381. The maximum Gasteiger partial charge on any atom is 0.229 e. The maximum atomic E-state index is 11.9. The lowest BCUT2D eigenvalue weighted by Crippen LogP contribution is -2.21. The number of anilines is 2. The lowest BCUT2D eigenvalue weighted by atomic mass is 10.0. The van der Waals surface area contributed by atoms with Gasteiger partial charge < -0.3 is 11.1 Å². The first-order chi connectivity index (χ1) is 7.99. The Morgan fingerprint density at radius 2 is 2.00 bits per heavy atom. The number of aromatic nitrogens is 1. The Bertz CT molecular complexity index is 383. The summed E-state index contributed by atoms with van der Waals surface area (Å²) in [6, 6.07) is 0. The zero-order valence-corrected chi connectivity index (χ0v) is 11.7. The van der Waals surface area contributed by atoms with Crippen LogP contribution in [-0.2, 0) is 4.79 Å². The average Bonchev–Trinajstić information content (AvgIpc) is 2.61. The predicted molar refractivity (Wildman–Crippen MR) is 73.3 cm³/mol. The van der Waals surface area contributed by atoms with Gasteiger partial charge in [-0.15, -0.1) is 0 Å². The first-order valence-corrected chi connectivity index (χ1v) is 6.88. The molecule has 0 fully saturated rings. The van der Waals surface area contributed by atoms with E-state index in [1.807, 2.05) is 27.7 Å². The summed E-state index contributed by atoms with van der Waals surface area (Å²) in [4.78, 5) is 16.2. The minimum atomic E-state index is 0.0408. The third-order valence-corrected chi connectivity index (χ3v) is 3.63. The molecule has 0 aromatic carbocycles. The van der Waals surface area contributed by atoms with Crippen molar-refractivity contribution in [3.63, 3.8) is 0 Å². The van der Waals surface area contributed by atoms with Gasteiger partial charge in [-0.05, 0) is 18.8 Å². The molecule has 0 saturated carbocycles. The van der Waals surface area contributed by atoms with E-state index in [0.717, 1.165) is 18.5 Å². The average molecular weight is 255 g/mol. The number of nitrogens with one attached hydrogen (secondary N) is 1. The fourth-order valence-electron chi connectivity index (χ4n) is 1.68. The molecule has 1 amide bonds. The van der Waals surface area contributed by atoms with Gasteiger partial charge in [0.25, 0.3) is 0 Å². The van der Waals surface area contributed by atoms with E-state index in [-0.39, 0.29) is 17.7 Å². The summed E-state index contributed by atoms with van der Waals surface area (Å²) in [6.07, 6.45) is 1.69. The summed E-state index contributed by atoms with van der Waals surface area (Å²) in [6.45, 7) is 8.11. The number of hydrogen-bond donors (Lipinski definition) is 2. The number of nitrogens with zero attached hydrogens (tertiary/aromatic N) is 1. The molecular weight excluding hydrogens is 234 g/mol. The minimum absolute atomic E-state index is 0.0408. The van der Waals surface area contributed by atoms with Crippen LogP contribution in [0, 0.1) is 5.92 Å². The van der Waals surface area contributed by atoms with Crippen LogP contribution in [0.25, 0.3) is 0 Å². The Morgan fingerprint density at radius 1 is 1.41 bits per heavy atom. The molecule has 0 unspecified atom stereocenters. The molecule has 1 aromatic rings. The second-order valence-electron chi connectivity index (χ2n) is 4.43. The predicted octanol–water partition coefficient (Wildman–Crippen LogP) is 3.22. The van der Waals surface area contributed by atoms with E-state index >= 15 is 0 Å². The Balaban J connectivity index is 2.75. The number of carbonyl (C=O) groups is 1. The molecular formula is C12H21N3OS. The molecule has 5 heteroatoms. The monoisotopic (exact) mass is 255 g/mol. The Labute approximate surface area is 107 Å². The van der Waals surface area contributed by atoms with Gasteiger partial charge in [0.2, 0.25) is 5.91 Å². The molecule has 0 saturated heterocycles. The molecule has 0 spiro atoms. The van der Waals surface area contributed by atoms with Crippen LogP contribution in [-0.4, -0.2) is 10.9 Å². The van der Waals surface area contributed by atoms with Crippen molar-refractivity contribution in [2.75, 3.05) is 11.1 Å². The molecule has 3 N–H and O–H groups in total. The molecule has 0 aliphatic rings.